The van der Waals surface area contributed by atoms with Gasteiger partial charge in [0.2, 0.25) is 0 Å². The Morgan fingerprint density at radius 1 is 1.15 bits per heavy atom. The van der Waals surface area contributed by atoms with E-state index in [1.54, 1.807) is 18.5 Å². The van der Waals surface area contributed by atoms with Gasteiger partial charge in [-0.25, -0.2) is 0 Å². The summed E-state index contributed by atoms with van der Waals surface area (Å²) in [6.07, 6.45) is 4.16. The Labute approximate surface area is 134 Å². The number of rotatable bonds is 5. The molecule has 1 aromatic carbocycles. The van der Waals surface area contributed by atoms with Crippen LogP contribution in [-0.2, 0) is 6.42 Å². The second kappa shape index (κ2) is 7.28. The predicted molar refractivity (Wildman–Crippen MR) is 85.8 cm³/mol. The van der Waals surface area contributed by atoms with E-state index < -0.39 is 0 Å². The summed E-state index contributed by atoms with van der Waals surface area (Å²) in [5.74, 6) is 0. The molecule has 1 heterocycles. The monoisotopic (exact) mass is 328 g/mol. The van der Waals surface area contributed by atoms with Crippen LogP contribution in [-0.4, -0.2) is 11.5 Å². The molecule has 1 atom stereocenters. The Balaban J connectivity index is 2.29. The molecule has 1 N–H and O–H groups in total. The van der Waals surface area contributed by atoms with Gasteiger partial charge < -0.3 is 5.32 Å². The molecule has 5 heteroatoms. The third-order valence-corrected chi connectivity index (χ3v) is 3.80. The van der Waals surface area contributed by atoms with Gasteiger partial charge in [-0.05, 0) is 48.4 Å². The van der Waals surface area contributed by atoms with E-state index in [4.69, 9.17) is 34.8 Å². The average molecular weight is 330 g/mol. The molecule has 0 aliphatic heterocycles. The molecular formula is C15H15Cl3N2. The Morgan fingerprint density at radius 3 is 2.45 bits per heavy atom. The predicted octanol–water partition coefficient (Wildman–Crippen LogP) is 4.94. The molecule has 2 rings (SSSR count). The van der Waals surface area contributed by atoms with Crippen LogP contribution in [0.25, 0.3) is 0 Å². The van der Waals surface area contributed by atoms with E-state index in [1.807, 2.05) is 18.2 Å². The summed E-state index contributed by atoms with van der Waals surface area (Å²) in [4.78, 5) is 4.00. The second-order valence-corrected chi connectivity index (χ2v) is 5.76. The highest BCUT2D eigenvalue weighted by molar-refractivity contribution is 6.34. The van der Waals surface area contributed by atoms with Gasteiger partial charge in [0.05, 0.1) is 5.02 Å². The molecule has 0 radical (unpaired) electrons. The fraction of sp³-hybridized carbons (Fsp3) is 0.267. The largest absolute Gasteiger partial charge is 0.310 e. The van der Waals surface area contributed by atoms with Gasteiger partial charge in [-0.3, -0.25) is 4.98 Å². The van der Waals surface area contributed by atoms with E-state index in [-0.39, 0.29) is 6.04 Å². The van der Waals surface area contributed by atoms with Gasteiger partial charge in [0, 0.05) is 28.5 Å². The van der Waals surface area contributed by atoms with E-state index in [9.17, 15) is 0 Å². The Bertz CT molecular complexity index is 567. The van der Waals surface area contributed by atoms with Crippen molar-refractivity contribution in [1.82, 2.24) is 10.3 Å². The minimum absolute atomic E-state index is 0.107. The summed E-state index contributed by atoms with van der Waals surface area (Å²) in [7, 11) is 0. The Hall–Kier alpha value is -0.800. The molecule has 2 nitrogen and oxygen atoms in total. The molecule has 0 fully saturated rings. The first-order valence-corrected chi connectivity index (χ1v) is 7.51. The van der Waals surface area contributed by atoms with Crippen molar-refractivity contribution in [3.63, 3.8) is 0 Å². The molecule has 20 heavy (non-hydrogen) atoms. The summed E-state index contributed by atoms with van der Waals surface area (Å²) < 4.78 is 0. The van der Waals surface area contributed by atoms with Gasteiger partial charge in [-0.15, -0.1) is 0 Å². The molecule has 2 aromatic rings. The quantitative estimate of drug-likeness (QED) is 0.841. The van der Waals surface area contributed by atoms with Gasteiger partial charge in [0.15, 0.2) is 0 Å². The van der Waals surface area contributed by atoms with Crippen LogP contribution in [0.1, 0.15) is 24.1 Å². The van der Waals surface area contributed by atoms with Crippen LogP contribution in [0.3, 0.4) is 0 Å². The minimum Gasteiger partial charge on any atom is -0.310 e. The molecule has 0 aliphatic rings. The molecule has 0 aliphatic carbocycles. The van der Waals surface area contributed by atoms with Crippen molar-refractivity contribution < 1.29 is 0 Å². The fourth-order valence-corrected chi connectivity index (χ4v) is 2.86. The van der Waals surface area contributed by atoms with Crippen molar-refractivity contribution in [2.75, 3.05) is 6.54 Å². The smallest absolute Gasteiger partial charge is 0.0622 e. The van der Waals surface area contributed by atoms with E-state index in [1.165, 1.54) is 0 Å². The number of benzene rings is 1. The van der Waals surface area contributed by atoms with Crippen LogP contribution >= 0.6 is 34.8 Å². The standard InChI is InChI=1S/C15H15Cl3N2/c1-2-20-15(7-10-3-4-19-9-14(10)18)11-5-12(16)8-13(17)6-11/h3-6,8-9,15,20H,2,7H2,1H3. The van der Waals surface area contributed by atoms with E-state index in [2.05, 4.69) is 17.2 Å². The molecule has 1 aromatic heterocycles. The van der Waals surface area contributed by atoms with Crippen LogP contribution in [0.5, 0.6) is 0 Å². The highest BCUT2D eigenvalue weighted by atomic mass is 35.5. The minimum atomic E-state index is 0.107. The van der Waals surface area contributed by atoms with Gasteiger partial charge in [-0.2, -0.15) is 0 Å². The third-order valence-electron chi connectivity index (χ3n) is 3.02. The molecular weight excluding hydrogens is 315 g/mol. The summed E-state index contributed by atoms with van der Waals surface area (Å²) in [6, 6.07) is 7.62. The van der Waals surface area contributed by atoms with Gasteiger partial charge in [0.25, 0.3) is 0 Å². The van der Waals surface area contributed by atoms with Gasteiger partial charge in [-0.1, -0.05) is 41.7 Å². The van der Waals surface area contributed by atoms with Crippen molar-refractivity contribution >= 4 is 34.8 Å². The number of aromatic nitrogens is 1. The van der Waals surface area contributed by atoms with E-state index in [0.29, 0.717) is 15.1 Å². The lowest BCUT2D eigenvalue weighted by Crippen LogP contribution is -2.23. The Morgan fingerprint density at radius 2 is 1.85 bits per heavy atom. The van der Waals surface area contributed by atoms with E-state index in [0.717, 1.165) is 24.1 Å². The molecule has 1 unspecified atom stereocenters. The summed E-state index contributed by atoms with van der Waals surface area (Å²) in [5.41, 5.74) is 2.10. The first-order chi connectivity index (χ1) is 9.60. The topological polar surface area (TPSA) is 24.9 Å². The molecule has 106 valence electrons. The number of halogens is 3. The van der Waals surface area contributed by atoms with Crippen LogP contribution in [0.4, 0.5) is 0 Å². The van der Waals surface area contributed by atoms with Crippen molar-refractivity contribution in [3.8, 4) is 0 Å². The first kappa shape index (κ1) is 15.6. The van der Waals surface area contributed by atoms with Crippen LogP contribution in [0.15, 0.2) is 36.7 Å². The van der Waals surface area contributed by atoms with Gasteiger partial charge >= 0.3 is 0 Å². The lowest BCUT2D eigenvalue weighted by molar-refractivity contribution is 0.550. The highest BCUT2D eigenvalue weighted by Crippen LogP contribution is 2.27. The van der Waals surface area contributed by atoms with Crippen molar-refractivity contribution in [2.45, 2.75) is 19.4 Å². The second-order valence-electron chi connectivity index (χ2n) is 4.48. The Kier molecular flexibility index (Phi) is 5.67. The number of nitrogens with zero attached hydrogens (tertiary/aromatic N) is 1. The molecule has 0 bridgehead atoms. The normalized spacial score (nSPS) is 12.4. The summed E-state index contributed by atoms with van der Waals surface area (Å²) in [6.45, 7) is 2.91. The summed E-state index contributed by atoms with van der Waals surface area (Å²) in [5, 5.41) is 5.37. The summed E-state index contributed by atoms with van der Waals surface area (Å²) >= 11 is 18.3. The molecule has 0 saturated heterocycles. The van der Waals surface area contributed by atoms with E-state index >= 15 is 0 Å². The van der Waals surface area contributed by atoms with Crippen LogP contribution < -0.4 is 5.32 Å². The zero-order valence-electron chi connectivity index (χ0n) is 11.0. The van der Waals surface area contributed by atoms with Gasteiger partial charge in [0.1, 0.15) is 0 Å². The van der Waals surface area contributed by atoms with Crippen molar-refractivity contribution in [3.05, 3.63) is 62.9 Å². The average Bonchev–Trinajstić information content (AvgIpc) is 2.39. The highest BCUT2D eigenvalue weighted by Gasteiger charge is 2.14. The molecule has 0 amide bonds. The number of likely N-dealkylation sites (N-methyl/N-ethyl adjacent to an activating group) is 1. The lowest BCUT2D eigenvalue weighted by atomic mass is 9.99. The maximum Gasteiger partial charge on any atom is 0.0622 e. The SMILES string of the molecule is CCNC(Cc1ccncc1Cl)c1cc(Cl)cc(Cl)c1. The number of hydrogen-bond donors (Lipinski definition) is 1. The maximum atomic E-state index is 6.18. The molecule has 0 spiro atoms. The number of hydrogen-bond acceptors (Lipinski definition) is 2. The van der Waals surface area contributed by atoms with Crippen molar-refractivity contribution in [2.24, 2.45) is 0 Å². The number of nitrogens with one attached hydrogen (secondary N) is 1. The maximum absolute atomic E-state index is 6.18. The lowest BCUT2D eigenvalue weighted by Gasteiger charge is -2.19. The van der Waals surface area contributed by atoms with Crippen LogP contribution in [0.2, 0.25) is 15.1 Å². The molecule has 0 saturated carbocycles. The number of pyridine rings is 1. The third kappa shape index (κ3) is 4.10. The zero-order chi connectivity index (χ0) is 14.5. The zero-order valence-corrected chi connectivity index (χ0v) is 13.3. The van der Waals surface area contributed by atoms with Crippen LogP contribution in [0, 0.1) is 0 Å². The first-order valence-electron chi connectivity index (χ1n) is 6.38. The van der Waals surface area contributed by atoms with Crippen molar-refractivity contribution in [1.29, 1.82) is 0 Å². The fourth-order valence-electron chi connectivity index (χ4n) is 2.12.